The summed E-state index contributed by atoms with van der Waals surface area (Å²) in [6.07, 6.45) is 2.22. The molecule has 1 unspecified atom stereocenters. The van der Waals surface area contributed by atoms with E-state index in [4.69, 9.17) is 5.11 Å². The summed E-state index contributed by atoms with van der Waals surface area (Å²) in [4.78, 5) is 13.8. The zero-order valence-corrected chi connectivity index (χ0v) is 10.9. The van der Waals surface area contributed by atoms with Crippen LogP contribution < -0.4 is 10.6 Å². The van der Waals surface area contributed by atoms with Gasteiger partial charge in [0.05, 0.1) is 6.54 Å². The van der Waals surface area contributed by atoms with E-state index in [1.54, 1.807) is 0 Å². The summed E-state index contributed by atoms with van der Waals surface area (Å²) in [5, 5.41) is 15.0. The highest BCUT2D eigenvalue weighted by molar-refractivity contribution is 5.78. The van der Waals surface area contributed by atoms with Crippen molar-refractivity contribution in [2.24, 2.45) is 5.92 Å². The Morgan fingerprint density at radius 3 is 2.76 bits per heavy atom. The van der Waals surface area contributed by atoms with Crippen molar-refractivity contribution in [2.45, 2.75) is 25.8 Å². The van der Waals surface area contributed by atoms with E-state index in [0.29, 0.717) is 19.1 Å². The van der Waals surface area contributed by atoms with Gasteiger partial charge in [-0.15, -0.1) is 0 Å². The number of carbonyl (C=O) groups excluding carboxylic acids is 1. The first-order valence-corrected chi connectivity index (χ1v) is 6.42. The van der Waals surface area contributed by atoms with Gasteiger partial charge >= 0.3 is 0 Å². The number of nitrogens with one attached hydrogen (secondary N) is 2. The number of amides is 1. The Hall–Kier alpha value is -0.650. The van der Waals surface area contributed by atoms with Gasteiger partial charge in [0, 0.05) is 19.2 Å². The Kier molecular flexibility index (Phi) is 6.47. The monoisotopic (exact) mass is 243 g/mol. The maximum absolute atomic E-state index is 11.7. The molecule has 5 nitrogen and oxygen atoms in total. The Morgan fingerprint density at radius 2 is 2.18 bits per heavy atom. The first-order chi connectivity index (χ1) is 8.13. The maximum Gasteiger partial charge on any atom is 0.234 e. The van der Waals surface area contributed by atoms with Crippen molar-refractivity contribution in [1.82, 2.24) is 15.5 Å². The van der Waals surface area contributed by atoms with Crippen LogP contribution in [0.4, 0.5) is 0 Å². The minimum Gasteiger partial charge on any atom is -0.396 e. The van der Waals surface area contributed by atoms with Gasteiger partial charge in [0.15, 0.2) is 0 Å². The first kappa shape index (κ1) is 14.4. The van der Waals surface area contributed by atoms with Crippen LogP contribution in [-0.4, -0.2) is 61.8 Å². The molecule has 0 saturated carbocycles. The van der Waals surface area contributed by atoms with Crippen molar-refractivity contribution in [3.8, 4) is 0 Å². The molecule has 5 heteroatoms. The van der Waals surface area contributed by atoms with Gasteiger partial charge in [-0.2, -0.15) is 0 Å². The normalized spacial score (nSPS) is 19.3. The molecular weight excluding hydrogens is 218 g/mol. The topological polar surface area (TPSA) is 64.6 Å². The molecule has 1 atom stereocenters. The van der Waals surface area contributed by atoms with Crippen molar-refractivity contribution in [1.29, 1.82) is 0 Å². The number of piperidine rings is 1. The number of nitrogens with zero attached hydrogens (tertiary/aromatic N) is 1. The van der Waals surface area contributed by atoms with E-state index in [1.165, 1.54) is 0 Å². The lowest BCUT2D eigenvalue weighted by Gasteiger charge is -2.31. The number of rotatable bonds is 6. The van der Waals surface area contributed by atoms with Gasteiger partial charge in [0.25, 0.3) is 0 Å². The van der Waals surface area contributed by atoms with Crippen molar-refractivity contribution in [2.75, 3.05) is 39.8 Å². The van der Waals surface area contributed by atoms with E-state index in [1.807, 2.05) is 14.0 Å². The molecule has 3 N–H and O–H groups in total. The molecule has 1 fully saturated rings. The van der Waals surface area contributed by atoms with Crippen molar-refractivity contribution in [3.63, 3.8) is 0 Å². The molecule has 0 radical (unpaired) electrons. The zero-order chi connectivity index (χ0) is 12.7. The van der Waals surface area contributed by atoms with E-state index in [-0.39, 0.29) is 18.4 Å². The van der Waals surface area contributed by atoms with E-state index in [2.05, 4.69) is 15.5 Å². The van der Waals surface area contributed by atoms with Gasteiger partial charge in [0.2, 0.25) is 5.91 Å². The summed E-state index contributed by atoms with van der Waals surface area (Å²) in [5.41, 5.74) is 0. The molecule has 0 aliphatic carbocycles. The second-order valence-corrected chi connectivity index (χ2v) is 4.99. The van der Waals surface area contributed by atoms with Crippen LogP contribution in [0.15, 0.2) is 0 Å². The SMILES string of the molecule is CC(CO)CNC(=O)CN(C)C1CCNCC1. The van der Waals surface area contributed by atoms with Gasteiger partial charge in [-0.05, 0) is 38.9 Å². The largest absolute Gasteiger partial charge is 0.396 e. The molecule has 0 aromatic carbocycles. The summed E-state index contributed by atoms with van der Waals surface area (Å²) in [5.74, 6) is 0.175. The third kappa shape index (κ3) is 5.48. The fourth-order valence-corrected chi connectivity index (χ4v) is 2.01. The van der Waals surface area contributed by atoms with Crippen LogP contribution in [0, 0.1) is 5.92 Å². The molecule has 0 spiro atoms. The predicted octanol–water partition coefficient (Wildman–Crippen LogP) is -0.585. The fraction of sp³-hybridized carbons (Fsp3) is 0.917. The van der Waals surface area contributed by atoms with Gasteiger partial charge in [-0.25, -0.2) is 0 Å². The Labute approximate surface area is 104 Å². The van der Waals surface area contributed by atoms with Gasteiger partial charge in [0.1, 0.15) is 0 Å². The second-order valence-electron chi connectivity index (χ2n) is 4.99. The number of likely N-dealkylation sites (N-methyl/N-ethyl adjacent to an activating group) is 1. The van der Waals surface area contributed by atoms with Crippen LogP contribution in [0.3, 0.4) is 0 Å². The summed E-state index contributed by atoms with van der Waals surface area (Å²) < 4.78 is 0. The van der Waals surface area contributed by atoms with E-state index in [9.17, 15) is 4.79 Å². The zero-order valence-electron chi connectivity index (χ0n) is 10.9. The maximum atomic E-state index is 11.7. The first-order valence-electron chi connectivity index (χ1n) is 6.42. The standard InChI is InChI=1S/C12H25N3O2/c1-10(9-16)7-14-12(17)8-15(2)11-3-5-13-6-4-11/h10-11,13,16H,3-9H2,1-2H3,(H,14,17). The molecule has 17 heavy (non-hydrogen) atoms. The molecule has 1 rings (SSSR count). The van der Waals surface area contributed by atoms with Crippen LogP contribution in [0.2, 0.25) is 0 Å². The van der Waals surface area contributed by atoms with Gasteiger partial charge < -0.3 is 15.7 Å². The highest BCUT2D eigenvalue weighted by atomic mass is 16.3. The molecular formula is C12H25N3O2. The average Bonchev–Trinajstić information content (AvgIpc) is 2.36. The van der Waals surface area contributed by atoms with E-state index >= 15 is 0 Å². The molecule has 0 aromatic rings. The average molecular weight is 243 g/mol. The van der Waals surface area contributed by atoms with Crippen LogP contribution in [0.5, 0.6) is 0 Å². The molecule has 0 bridgehead atoms. The summed E-state index contributed by atoms with van der Waals surface area (Å²) >= 11 is 0. The van der Waals surface area contributed by atoms with Crippen molar-refractivity contribution in [3.05, 3.63) is 0 Å². The van der Waals surface area contributed by atoms with Gasteiger partial charge in [-0.1, -0.05) is 6.92 Å². The quantitative estimate of drug-likeness (QED) is 0.584. The number of hydrogen-bond acceptors (Lipinski definition) is 4. The van der Waals surface area contributed by atoms with Crippen molar-refractivity contribution < 1.29 is 9.90 Å². The Morgan fingerprint density at radius 1 is 1.53 bits per heavy atom. The van der Waals surface area contributed by atoms with Crippen LogP contribution in [-0.2, 0) is 4.79 Å². The van der Waals surface area contributed by atoms with E-state index < -0.39 is 0 Å². The number of carbonyl (C=O) groups is 1. The summed E-state index contributed by atoms with van der Waals surface area (Å²) in [6.45, 7) is 5.11. The minimum absolute atomic E-state index is 0.0475. The number of aliphatic hydroxyl groups excluding tert-OH is 1. The number of hydrogen-bond donors (Lipinski definition) is 3. The lowest BCUT2D eigenvalue weighted by Crippen LogP contribution is -2.45. The fourth-order valence-electron chi connectivity index (χ4n) is 2.01. The molecule has 1 aliphatic rings. The minimum atomic E-state index is 0.0475. The Bertz CT molecular complexity index is 230. The highest BCUT2D eigenvalue weighted by Crippen LogP contribution is 2.08. The second kappa shape index (κ2) is 7.63. The predicted molar refractivity (Wildman–Crippen MR) is 67.8 cm³/mol. The van der Waals surface area contributed by atoms with Crippen molar-refractivity contribution >= 4 is 5.91 Å². The molecule has 0 aromatic heterocycles. The summed E-state index contributed by atoms with van der Waals surface area (Å²) in [6, 6.07) is 0.511. The van der Waals surface area contributed by atoms with Crippen LogP contribution in [0.25, 0.3) is 0 Å². The molecule has 1 amide bonds. The Balaban J connectivity index is 2.20. The molecule has 100 valence electrons. The highest BCUT2D eigenvalue weighted by Gasteiger charge is 2.19. The number of aliphatic hydroxyl groups is 1. The molecule has 1 aliphatic heterocycles. The van der Waals surface area contributed by atoms with Crippen LogP contribution in [0.1, 0.15) is 19.8 Å². The third-order valence-corrected chi connectivity index (χ3v) is 3.28. The molecule has 1 saturated heterocycles. The lowest BCUT2D eigenvalue weighted by molar-refractivity contribution is -0.122. The van der Waals surface area contributed by atoms with Crippen LogP contribution >= 0.6 is 0 Å². The summed E-state index contributed by atoms with van der Waals surface area (Å²) in [7, 11) is 2.00. The third-order valence-electron chi connectivity index (χ3n) is 3.28. The smallest absolute Gasteiger partial charge is 0.234 e. The van der Waals surface area contributed by atoms with E-state index in [0.717, 1.165) is 25.9 Å². The molecule has 1 heterocycles. The van der Waals surface area contributed by atoms with Gasteiger partial charge in [-0.3, -0.25) is 9.69 Å². The lowest BCUT2D eigenvalue weighted by atomic mass is 10.1.